The summed E-state index contributed by atoms with van der Waals surface area (Å²) in [5, 5.41) is 18.9. The zero-order valence-electron chi connectivity index (χ0n) is 8.87. The highest BCUT2D eigenvalue weighted by Crippen LogP contribution is 2.34. The molecule has 10 heteroatoms. The molecule has 0 aliphatic rings. The number of aromatic carboxylic acids is 1. The summed E-state index contributed by atoms with van der Waals surface area (Å²) in [6, 6.07) is 2.39. The molecular weight excluding hydrogens is 286 g/mol. The lowest BCUT2D eigenvalue weighted by Crippen LogP contribution is -1.99. The molecule has 2 aromatic heterocycles. The molecule has 0 unspecified atom stereocenters. The second kappa shape index (κ2) is 4.72. The molecule has 0 saturated heterocycles. The van der Waals surface area contributed by atoms with Crippen molar-refractivity contribution in [3.63, 3.8) is 0 Å². The van der Waals surface area contributed by atoms with Crippen LogP contribution in [0.25, 0.3) is 10.8 Å². The molecule has 0 spiro atoms. The average molecular weight is 290 g/mol. The summed E-state index contributed by atoms with van der Waals surface area (Å²) in [5.41, 5.74) is -1.00. The standard InChI is InChI=1S/C9H4F2N2O5S/c10-7(11)5-6(9(14)15)18-8(12-5)3-1-2-4(19-3)13(16)17/h1-2,7H,(H,14,15). The van der Waals surface area contributed by atoms with Gasteiger partial charge in [-0.05, 0) is 6.07 Å². The van der Waals surface area contributed by atoms with Crippen molar-refractivity contribution in [2.75, 3.05) is 0 Å². The minimum Gasteiger partial charge on any atom is -0.475 e. The normalized spacial score (nSPS) is 10.9. The van der Waals surface area contributed by atoms with Crippen LogP contribution in [0.15, 0.2) is 16.5 Å². The fraction of sp³-hybridized carbons (Fsp3) is 0.111. The number of oxazole rings is 1. The van der Waals surface area contributed by atoms with Crippen molar-refractivity contribution in [3.8, 4) is 10.8 Å². The maximum absolute atomic E-state index is 12.6. The van der Waals surface area contributed by atoms with E-state index in [0.29, 0.717) is 11.3 Å². The Morgan fingerprint density at radius 3 is 2.63 bits per heavy atom. The summed E-state index contributed by atoms with van der Waals surface area (Å²) >= 11 is 0.646. The van der Waals surface area contributed by atoms with E-state index < -0.39 is 28.8 Å². The smallest absolute Gasteiger partial charge is 0.374 e. The number of halogens is 2. The Hall–Kier alpha value is -2.36. The molecule has 0 radical (unpaired) electrons. The molecule has 0 saturated carbocycles. The van der Waals surface area contributed by atoms with E-state index in [1.807, 2.05) is 0 Å². The van der Waals surface area contributed by atoms with Gasteiger partial charge in [0.2, 0.25) is 11.7 Å². The molecule has 0 bridgehead atoms. The van der Waals surface area contributed by atoms with Crippen molar-refractivity contribution in [1.29, 1.82) is 0 Å². The van der Waals surface area contributed by atoms with Crippen LogP contribution >= 0.6 is 11.3 Å². The Kier molecular flexibility index (Phi) is 3.25. The van der Waals surface area contributed by atoms with Crippen molar-refractivity contribution in [2.45, 2.75) is 6.43 Å². The summed E-state index contributed by atoms with van der Waals surface area (Å²) in [6.45, 7) is 0. The topological polar surface area (TPSA) is 106 Å². The summed E-state index contributed by atoms with van der Waals surface area (Å²) in [5.74, 6) is -3.04. The summed E-state index contributed by atoms with van der Waals surface area (Å²) in [6.07, 6.45) is -3.11. The average Bonchev–Trinajstić information content (AvgIpc) is 2.95. The van der Waals surface area contributed by atoms with Crippen LogP contribution in [0.2, 0.25) is 0 Å². The number of thiophene rings is 1. The predicted octanol–water partition coefficient (Wildman–Crippen LogP) is 2.95. The molecule has 2 rings (SSSR count). The van der Waals surface area contributed by atoms with E-state index in [2.05, 4.69) is 4.98 Å². The molecule has 2 heterocycles. The van der Waals surface area contributed by atoms with Gasteiger partial charge in [0.1, 0.15) is 0 Å². The Morgan fingerprint density at radius 1 is 1.53 bits per heavy atom. The third-order valence-corrected chi connectivity index (χ3v) is 3.06. The third kappa shape index (κ3) is 2.42. The Morgan fingerprint density at radius 2 is 2.21 bits per heavy atom. The number of nitro groups is 1. The molecule has 7 nitrogen and oxygen atoms in total. The Bertz CT molecular complexity index is 651. The van der Waals surface area contributed by atoms with Gasteiger partial charge in [0.05, 0.1) is 9.80 Å². The summed E-state index contributed by atoms with van der Waals surface area (Å²) in [4.78, 5) is 24.0. The van der Waals surface area contributed by atoms with Gasteiger partial charge in [-0.25, -0.2) is 18.6 Å². The number of hydrogen-bond acceptors (Lipinski definition) is 6. The quantitative estimate of drug-likeness (QED) is 0.685. The minimum atomic E-state index is -3.11. The van der Waals surface area contributed by atoms with E-state index in [9.17, 15) is 23.7 Å². The first-order valence-electron chi connectivity index (χ1n) is 4.67. The SMILES string of the molecule is O=C(O)c1oc(-c2ccc([N+](=O)[O-])s2)nc1C(F)F. The van der Waals surface area contributed by atoms with E-state index >= 15 is 0 Å². The molecule has 2 aromatic rings. The van der Waals surface area contributed by atoms with Gasteiger partial charge < -0.3 is 9.52 Å². The van der Waals surface area contributed by atoms with E-state index in [1.165, 1.54) is 6.07 Å². The second-order valence-corrected chi connectivity index (χ2v) is 4.30. The van der Waals surface area contributed by atoms with Crippen molar-refractivity contribution in [1.82, 2.24) is 4.98 Å². The van der Waals surface area contributed by atoms with E-state index in [4.69, 9.17) is 9.52 Å². The van der Waals surface area contributed by atoms with Crippen LogP contribution in [0.3, 0.4) is 0 Å². The van der Waals surface area contributed by atoms with Gasteiger partial charge in [-0.15, -0.1) is 0 Å². The minimum absolute atomic E-state index is 0.0982. The van der Waals surface area contributed by atoms with Crippen LogP contribution in [0.1, 0.15) is 22.7 Å². The molecular formula is C9H4F2N2O5S. The molecule has 0 atom stereocenters. The molecule has 0 aromatic carbocycles. The molecule has 0 fully saturated rings. The van der Waals surface area contributed by atoms with Gasteiger partial charge in [0, 0.05) is 6.07 Å². The van der Waals surface area contributed by atoms with Crippen LogP contribution < -0.4 is 0 Å². The van der Waals surface area contributed by atoms with Gasteiger partial charge in [-0.2, -0.15) is 0 Å². The lowest BCUT2D eigenvalue weighted by Gasteiger charge is -1.91. The first-order valence-corrected chi connectivity index (χ1v) is 5.48. The van der Waals surface area contributed by atoms with Gasteiger partial charge in [0.25, 0.3) is 6.43 Å². The third-order valence-electron chi connectivity index (χ3n) is 2.04. The lowest BCUT2D eigenvalue weighted by atomic mass is 10.3. The zero-order chi connectivity index (χ0) is 14.2. The lowest BCUT2D eigenvalue weighted by molar-refractivity contribution is -0.380. The molecule has 1 N–H and O–H groups in total. The van der Waals surface area contributed by atoms with Crippen LogP contribution in [0.4, 0.5) is 13.8 Å². The maximum Gasteiger partial charge on any atom is 0.374 e. The fourth-order valence-electron chi connectivity index (χ4n) is 1.28. The van der Waals surface area contributed by atoms with Crippen molar-refractivity contribution in [2.24, 2.45) is 0 Å². The van der Waals surface area contributed by atoms with Gasteiger partial charge in [-0.3, -0.25) is 10.1 Å². The molecule has 0 aliphatic carbocycles. The number of carboxylic acids is 1. The first kappa shape index (κ1) is 13.1. The highest BCUT2D eigenvalue weighted by molar-refractivity contribution is 7.18. The number of hydrogen-bond donors (Lipinski definition) is 1. The van der Waals surface area contributed by atoms with E-state index in [0.717, 1.165) is 6.07 Å². The Labute approximate surface area is 107 Å². The largest absolute Gasteiger partial charge is 0.475 e. The summed E-state index contributed by atoms with van der Waals surface area (Å²) < 4.78 is 29.8. The fourth-order valence-corrected chi connectivity index (χ4v) is 2.03. The van der Waals surface area contributed by atoms with Crippen LogP contribution in [-0.2, 0) is 0 Å². The monoisotopic (exact) mass is 290 g/mol. The zero-order valence-corrected chi connectivity index (χ0v) is 9.69. The number of carbonyl (C=O) groups is 1. The van der Waals surface area contributed by atoms with Crippen LogP contribution in [-0.4, -0.2) is 21.0 Å². The highest BCUT2D eigenvalue weighted by Gasteiger charge is 2.27. The number of nitrogens with zero attached hydrogens (tertiary/aromatic N) is 2. The number of carboxylic acid groups (broad SMARTS) is 1. The van der Waals surface area contributed by atoms with Crippen molar-refractivity contribution in [3.05, 3.63) is 33.7 Å². The van der Waals surface area contributed by atoms with Crippen LogP contribution in [0.5, 0.6) is 0 Å². The second-order valence-electron chi connectivity index (χ2n) is 3.23. The van der Waals surface area contributed by atoms with E-state index in [1.54, 1.807) is 0 Å². The number of aromatic nitrogens is 1. The van der Waals surface area contributed by atoms with Crippen molar-refractivity contribution >= 4 is 22.3 Å². The molecule has 0 aliphatic heterocycles. The highest BCUT2D eigenvalue weighted by atomic mass is 32.1. The van der Waals surface area contributed by atoms with Gasteiger partial charge in [0.15, 0.2) is 5.69 Å². The summed E-state index contributed by atoms with van der Waals surface area (Å²) in [7, 11) is 0. The van der Waals surface area contributed by atoms with Crippen molar-refractivity contribution < 1.29 is 28.0 Å². The van der Waals surface area contributed by atoms with Crippen LogP contribution in [0, 0.1) is 10.1 Å². The molecule has 19 heavy (non-hydrogen) atoms. The maximum atomic E-state index is 12.6. The van der Waals surface area contributed by atoms with Gasteiger partial charge >= 0.3 is 11.0 Å². The first-order chi connectivity index (χ1) is 8.90. The van der Waals surface area contributed by atoms with E-state index in [-0.39, 0.29) is 15.8 Å². The molecule has 0 amide bonds. The number of rotatable bonds is 4. The predicted molar refractivity (Wildman–Crippen MR) is 58.4 cm³/mol. The number of alkyl halides is 2. The van der Waals surface area contributed by atoms with Gasteiger partial charge in [-0.1, -0.05) is 11.3 Å². The molecule has 100 valence electrons. The Balaban J connectivity index is 2.47.